The number of thioether (sulfide) groups is 1. The topological polar surface area (TPSA) is 89.9 Å². The molecule has 0 bridgehead atoms. The Hall–Kier alpha value is -2.13. The fourth-order valence-electron chi connectivity index (χ4n) is 2.09. The van der Waals surface area contributed by atoms with Crippen LogP contribution in [0.2, 0.25) is 0 Å². The van der Waals surface area contributed by atoms with Crippen LogP contribution in [0.25, 0.3) is 11.0 Å². The van der Waals surface area contributed by atoms with Crippen LogP contribution in [-0.2, 0) is 17.5 Å². The van der Waals surface area contributed by atoms with Gasteiger partial charge in [0.2, 0.25) is 0 Å². The van der Waals surface area contributed by atoms with Crippen molar-refractivity contribution in [3.8, 4) is 0 Å². The lowest BCUT2D eigenvalue weighted by Crippen LogP contribution is -2.09. The van der Waals surface area contributed by atoms with Crippen LogP contribution in [0.4, 0.5) is 0 Å². The Bertz CT molecular complexity index is 941. The maximum atomic E-state index is 12.0. The van der Waals surface area contributed by atoms with Crippen molar-refractivity contribution < 1.29 is 9.53 Å². The fraction of sp³-hybridized carbons (Fsp3) is 0.286. The van der Waals surface area contributed by atoms with Gasteiger partial charge < -0.3 is 9.72 Å². The summed E-state index contributed by atoms with van der Waals surface area (Å²) in [5, 5.41) is 5.03. The first-order valence-corrected chi connectivity index (χ1v) is 8.52. The number of ether oxygens (including phenoxy) is 1. The summed E-state index contributed by atoms with van der Waals surface area (Å²) in [6.07, 6.45) is 1.50. The number of hydrogen-bond donors (Lipinski definition) is 1. The van der Waals surface area contributed by atoms with Gasteiger partial charge in [0.1, 0.15) is 10.3 Å². The van der Waals surface area contributed by atoms with Crippen LogP contribution in [0.5, 0.6) is 0 Å². The normalized spacial score (nSPS) is 11.1. The quantitative estimate of drug-likeness (QED) is 0.440. The van der Waals surface area contributed by atoms with Crippen LogP contribution < -0.4 is 5.56 Å². The second-order valence-electron chi connectivity index (χ2n) is 4.85. The predicted molar refractivity (Wildman–Crippen MR) is 89.1 cm³/mol. The molecule has 0 atom stereocenters. The highest BCUT2D eigenvalue weighted by Gasteiger charge is 2.14. The summed E-state index contributed by atoms with van der Waals surface area (Å²) in [7, 11) is 3.11. The van der Waals surface area contributed by atoms with Crippen LogP contribution in [0.1, 0.15) is 20.1 Å². The molecule has 120 valence electrons. The molecule has 23 heavy (non-hydrogen) atoms. The van der Waals surface area contributed by atoms with Crippen molar-refractivity contribution >= 4 is 40.1 Å². The summed E-state index contributed by atoms with van der Waals surface area (Å²) in [5.41, 5.74) is 1.37. The van der Waals surface area contributed by atoms with Gasteiger partial charge in [-0.25, -0.2) is 9.78 Å². The molecule has 1 N–H and O–H groups in total. The van der Waals surface area contributed by atoms with Crippen LogP contribution in [0.15, 0.2) is 22.2 Å². The molecule has 3 aromatic rings. The summed E-state index contributed by atoms with van der Waals surface area (Å²) in [6.45, 7) is 1.95. The van der Waals surface area contributed by atoms with Crippen molar-refractivity contribution in [2.45, 2.75) is 17.8 Å². The number of thiophene rings is 1. The fourth-order valence-corrected chi connectivity index (χ4v) is 4.05. The minimum Gasteiger partial charge on any atom is -0.465 e. The van der Waals surface area contributed by atoms with Crippen molar-refractivity contribution in [2.24, 2.45) is 7.05 Å². The highest BCUT2D eigenvalue weighted by Crippen LogP contribution is 2.28. The summed E-state index contributed by atoms with van der Waals surface area (Å²) in [6, 6.07) is 1.82. The minimum absolute atomic E-state index is 0.206. The number of carbonyl (C=O) groups is 1. The van der Waals surface area contributed by atoms with E-state index in [1.807, 2.05) is 13.0 Å². The van der Waals surface area contributed by atoms with E-state index in [1.165, 1.54) is 36.4 Å². The van der Waals surface area contributed by atoms with Gasteiger partial charge in [0.05, 0.1) is 13.3 Å². The first kappa shape index (κ1) is 15.8. The molecule has 0 aliphatic heterocycles. The zero-order chi connectivity index (χ0) is 16.6. The van der Waals surface area contributed by atoms with Gasteiger partial charge in [0, 0.05) is 17.7 Å². The Morgan fingerprint density at radius 2 is 2.30 bits per heavy atom. The molecule has 0 aliphatic carbocycles. The Morgan fingerprint density at radius 1 is 1.52 bits per heavy atom. The second-order valence-corrected chi connectivity index (χ2v) is 7.07. The van der Waals surface area contributed by atoms with E-state index < -0.39 is 0 Å². The van der Waals surface area contributed by atoms with E-state index in [-0.39, 0.29) is 11.5 Å². The van der Waals surface area contributed by atoms with Gasteiger partial charge in [-0.3, -0.25) is 9.48 Å². The highest BCUT2D eigenvalue weighted by molar-refractivity contribution is 7.98. The summed E-state index contributed by atoms with van der Waals surface area (Å²) in [5.74, 6) is 0.267. The number of rotatable bonds is 4. The molecule has 0 aliphatic rings. The summed E-state index contributed by atoms with van der Waals surface area (Å²) in [4.78, 5) is 32.3. The standard InChI is InChI=1S/C14H14N4O3S2/c1-7-8(4-10(23-7)13(20)21-3)6-22-14-16-11-9(12(19)17-14)5-15-18(11)2/h4-5H,6H2,1-3H3,(H,16,17,19). The maximum absolute atomic E-state index is 12.0. The van der Waals surface area contributed by atoms with E-state index >= 15 is 0 Å². The number of methoxy groups -OCH3 is 1. The van der Waals surface area contributed by atoms with E-state index in [1.54, 1.807) is 11.7 Å². The number of aromatic nitrogens is 4. The van der Waals surface area contributed by atoms with Crippen LogP contribution >= 0.6 is 23.1 Å². The van der Waals surface area contributed by atoms with Crippen molar-refractivity contribution in [1.82, 2.24) is 19.7 Å². The number of fused-ring (bicyclic) bond motifs is 1. The third-order valence-corrected chi connectivity index (χ3v) is 5.35. The van der Waals surface area contributed by atoms with Gasteiger partial charge in [0.15, 0.2) is 10.8 Å². The Morgan fingerprint density at radius 3 is 3.04 bits per heavy atom. The average molecular weight is 350 g/mol. The van der Waals surface area contributed by atoms with E-state index in [9.17, 15) is 9.59 Å². The number of carbonyl (C=O) groups excluding carboxylic acids is 1. The number of hydrogen-bond acceptors (Lipinski definition) is 7. The van der Waals surface area contributed by atoms with Crippen LogP contribution in [0.3, 0.4) is 0 Å². The van der Waals surface area contributed by atoms with Gasteiger partial charge in [-0.2, -0.15) is 5.10 Å². The predicted octanol–water partition coefficient (Wildman–Crippen LogP) is 2.11. The molecule has 0 saturated heterocycles. The second kappa shape index (κ2) is 6.17. The smallest absolute Gasteiger partial charge is 0.348 e. The largest absolute Gasteiger partial charge is 0.465 e. The van der Waals surface area contributed by atoms with Crippen molar-refractivity contribution in [3.63, 3.8) is 0 Å². The van der Waals surface area contributed by atoms with Gasteiger partial charge in [-0.1, -0.05) is 11.8 Å². The minimum atomic E-state index is -0.336. The molecular weight excluding hydrogens is 336 g/mol. The van der Waals surface area contributed by atoms with Crippen molar-refractivity contribution in [2.75, 3.05) is 7.11 Å². The van der Waals surface area contributed by atoms with E-state index in [4.69, 9.17) is 4.74 Å². The molecule has 0 unspecified atom stereocenters. The molecule has 0 aromatic carbocycles. The lowest BCUT2D eigenvalue weighted by molar-refractivity contribution is 0.0606. The van der Waals surface area contributed by atoms with E-state index in [0.29, 0.717) is 26.8 Å². The van der Waals surface area contributed by atoms with Crippen LogP contribution in [-0.4, -0.2) is 32.8 Å². The van der Waals surface area contributed by atoms with Crippen molar-refractivity contribution in [3.05, 3.63) is 37.9 Å². The Labute approximate surface area is 139 Å². The molecular formula is C14H14N4O3S2. The monoisotopic (exact) mass is 350 g/mol. The number of nitrogens with zero attached hydrogens (tertiary/aromatic N) is 3. The number of aromatic amines is 1. The molecule has 3 rings (SSSR count). The van der Waals surface area contributed by atoms with Crippen molar-refractivity contribution in [1.29, 1.82) is 0 Å². The van der Waals surface area contributed by atoms with Crippen LogP contribution in [0, 0.1) is 6.92 Å². The molecule has 0 saturated carbocycles. The SMILES string of the molecule is COC(=O)c1cc(CSc2nc3c(cnn3C)c(=O)[nH]2)c(C)s1. The highest BCUT2D eigenvalue weighted by atomic mass is 32.2. The lowest BCUT2D eigenvalue weighted by Gasteiger charge is -2.01. The summed E-state index contributed by atoms with van der Waals surface area (Å²) >= 11 is 2.81. The molecule has 0 amide bonds. The van der Waals surface area contributed by atoms with Gasteiger partial charge >= 0.3 is 5.97 Å². The molecule has 7 nitrogen and oxygen atoms in total. The lowest BCUT2D eigenvalue weighted by atomic mass is 10.3. The van der Waals surface area contributed by atoms with Gasteiger partial charge in [0.25, 0.3) is 5.56 Å². The molecule has 9 heteroatoms. The average Bonchev–Trinajstić information content (AvgIpc) is 3.08. The number of aryl methyl sites for hydroxylation is 2. The first-order valence-electron chi connectivity index (χ1n) is 6.72. The third kappa shape index (κ3) is 3.02. The molecule has 3 aromatic heterocycles. The Balaban J connectivity index is 1.83. The van der Waals surface area contributed by atoms with Gasteiger partial charge in [-0.05, 0) is 18.6 Å². The number of esters is 1. The molecule has 0 fully saturated rings. The maximum Gasteiger partial charge on any atom is 0.348 e. The van der Waals surface area contributed by atoms with Gasteiger partial charge in [-0.15, -0.1) is 11.3 Å². The number of nitrogens with one attached hydrogen (secondary N) is 1. The third-order valence-electron chi connectivity index (χ3n) is 3.35. The molecule has 0 radical (unpaired) electrons. The zero-order valence-electron chi connectivity index (χ0n) is 12.7. The van der Waals surface area contributed by atoms with E-state index in [2.05, 4.69) is 15.1 Å². The summed E-state index contributed by atoms with van der Waals surface area (Å²) < 4.78 is 6.30. The Kier molecular flexibility index (Phi) is 4.22. The van der Waals surface area contributed by atoms with E-state index in [0.717, 1.165) is 10.4 Å². The first-order chi connectivity index (χ1) is 11.0. The number of H-pyrrole nitrogens is 1. The molecule has 3 heterocycles. The molecule has 0 spiro atoms. The zero-order valence-corrected chi connectivity index (χ0v) is 14.4.